The molecule has 26 heavy (non-hydrogen) atoms. The zero-order valence-electron chi connectivity index (χ0n) is 12.8. The van der Waals surface area contributed by atoms with E-state index < -0.39 is 23.6 Å². The number of pyridine rings is 1. The highest BCUT2D eigenvalue weighted by Gasteiger charge is 2.31. The average molecular weight is 399 g/mol. The number of anilines is 2. The van der Waals surface area contributed by atoms with Crippen LogP contribution in [0, 0.1) is 17.2 Å². The highest BCUT2D eigenvalue weighted by molar-refractivity contribution is 7.80. The van der Waals surface area contributed by atoms with E-state index in [1.54, 1.807) is 6.07 Å². The summed E-state index contributed by atoms with van der Waals surface area (Å²) in [5.74, 6) is -2.29. The van der Waals surface area contributed by atoms with Crippen molar-refractivity contribution in [2.75, 3.05) is 10.6 Å². The van der Waals surface area contributed by atoms with Gasteiger partial charge in [0.1, 0.15) is 4.99 Å². The van der Waals surface area contributed by atoms with Crippen molar-refractivity contribution in [3.63, 3.8) is 0 Å². The number of thiocarbonyl (C=S) groups is 1. The predicted molar refractivity (Wildman–Crippen MR) is 94.6 cm³/mol. The van der Waals surface area contributed by atoms with E-state index in [4.69, 9.17) is 23.8 Å². The van der Waals surface area contributed by atoms with Crippen LogP contribution in [0.15, 0.2) is 42.7 Å². The molecule has 1 amide bonds. The fraction of sp³-hybridized carbons (Fsp3) is 0.125. The Balaban J connectivity index is 2.13. The van der Waals surface area contributed by atoms with Gasteiger partial charge < -0.3 is 10.6 Å². The second-order valence-electron chi connectivity index (χ2n) is 4.97. The molecule has 0 aliphatic carbocycles. The average Bonchev–Trinajstić information content (AvgIpc) is 2.57. The van der Waals surface area contributed by atoms with E-state index in [9.17, 15) is 23.2 Å². The first-order chi connectivity index (χ1) is 12.2. The van der Waals surface area contributed by atoms with Crippen LogP contribution in [0.3, 0.4) is 0 Å². The Labute approximate surface area is 156 Å². The van der Waals surface area contributed by atoms with Crippen LogP contribution in [0.2, 0.25) is 5.02 Å². The summed E-state index contributed by atoms with van der Waals surface area (Å²) < 4.78 is 38.2. The molecule has 1 atom stereocenters. The minimum atomic E-state index is -4.55. The highest BCUT2D eigenvalue weighted by atomic mass is 35.5. The van der Waals surface area contributed by atoms with Crippen molar-refractivity contribution in [3.05, 3.63) is 53.3 Å². The lowest BCUT2D eigenvalue weighted by Gasteiger charge is -2.15. The van der Waals surface area contributed by atoms with Gasteiger partial charge in [-0.25, -0.2) is 0 Å². The molecule has 2 aromatic rings. The third-order valence-corrected chi connectivity index (χ3v) is 3.78. The number of halogens is 4. The molecule has 2 rings (SSSR count). The Morgan fingerprint density at radius 1 is 1.31 bits per heavy atom. The molecule has 5 nitrogen and oxygen atoms in total. The molecule has 0 spiro atoms. The molecule has 134 valence electrons. The second kappa shape index (κ2) is 8.12. The van der Waals surface area contributed by atoms with Gasteiger partial charge in [-0.1, -0.05) is 29.9 Å². The fourth-order valence-electron chi connectivity index (χ4n) is 1.91. The Bertz CT molecular complexity index is 882. The number of rotatable bonds is 4. The number of aromatic nitrogens is 1. The van der Waals surface area contributed by atoms with E-state index in [-0.39, 0.29) is 15.7 Å². The molecular formula is C16H10ClF3N4OS. The molecule has 0 radical (unpaired) electrons. The van der Waals surface area contributed by atoms with E-state index in [0.29, 0.717) is 5.69 Å². The van der Waals surface area contributed by atoms with Crippen LogP contribution in [-0.2, 0) is 11.0 Å². The predicted octanol–water partition coefficient (Wildman–Crippen LogP) is 4.27. The smallest absolute Gasteiger partial charge is 0.347 e. The van der Waals surface area contributed by atoms with Crippen LogP contribution < -0.4 is 10.6 Å². The number of carbonyl (C=O) groups excluding carboxylic acids is 1. The molecule has 1 aromatic heterocycles. The summed E-state index contributed by atoms with van der Waals surface area (Å²) >= 11 is 11.0. The van der Waals surface area contributed by atoms with Gasteiger partial charge in [-0.3, -0.25) is 9.78 Å². The van der Waals surface area contributed by atoms with Gasteiger partial charge in [-0.15, -0.1) is 0 Å². The van der Waals surface area contributed by atoms with Crippen molar-refractivity contribution in [2.45, 2.75) is 6.18 Å². The molecule has 1 heterocycles. The molecule has 0 aliphatic rings. The van der Waals surface area contributed by atoms with Gasteiger partial charge in [0.2, 0.25) is 5.91 Å². The quantitative estimate of drug-likeness (QED) is 0.752. The Morgan fingerprint density at radius 3 is 2.65 bits per heavy atom. The molecule has 0 saturated heterocycles. The molecule has 10 heteroatoms. The Hall–Kier alpha value is -2.70. The summed E-state index contributed by atoms with van der Waals surface area (Å²) in [7, 11) is 0. The summed E-state index contributed by atoms with van der Waals surface area (Å²) in [6, 6.07) is 7.26. The number of nitriles is 1. The Kier molecular flexibility index (Phi) is 6.13. The number of alkyl halides is 3. The third kappa shape index (κ3) is 4.91. The van der Waals surface area contributed by atoms with Crippen LogP contribution >= 0.6 is 23.8 Å². The topological polar surface area (TPSA) is 77.8 Å². The second-order valence-corrected chi connectivity index (χ2v) is 5.82. The maximum atomic E-state index is 12.7. The van der Waals surface area contributed by atoms with E-state index in [1.807, 2.05) is 0 Å². The maximum Gasteiger partial charge on any atom is 0.416 e. The lowest BCUT2D eigenvalue weighted by atomic mass is 10.1. The monoisotopic (exact) mass is 398 g/mol. The number of nitrogens with zero attached hydrogens (tertiary/aromatic N) is 2. The van der Waals surface area contributed by atoms with Gasteiger partial charge in [0.05, 0.1) is 22.3 Å². The van der Waals surface area contributed by atoms with Gasteiger partial charge >= 0.3 is 6.18 Å². The summed E-state index contributed by atoms with van der Waals surface area (Å²) in [4.78, 5) is 15.9. The van der Waals surface area contributed by atoms with E-state index in [1.165, 1.54) is 24.5 Å². The standard InChI is InChI=1S/C16H10ClF3N4OS/c17-12-8-22-5-4-13(12)24-15(26)11(7-21)14(25)23-10-3-1-2-9(6-10)16(18,19)20/h1-6,8,11H,(H,23,25)(H,22,24,26). The van der Waals surface area contributed by atoms with Crippen molar-refractivity contribution < 1.29 is 18.0 Å². The van der Waals surface area contributed by atoms with Crippen LogP contribution in [-0.4, -0.2) is 15.9 Å². The number of nitrogens with one attached hydrogen (secondary N) is 2. The van der Waals surface area contributed by atoms with Gasteiger partial charge in [-0.2, -0.15) is 18.4 Å². The lowest BCUT2D eigenvalue weighted by molar-refractivity contribution is -0.137. The van der Waals surface area contributed by atoms with Gasteiger partial charge in [-0.05, 0) is 24.3 Å². The molecule has 1 aromatic carbocycles. The van der Waals surface area contributed by atoms with Crippen LogP contribution in [0.4, 0.5) is 24.5 Å². The van der Waals surface area contributed by atoms with Crippen molar-refractivity contribution in [1.29, 1.82) is 5.26 Å². The fourth-order valence-corrected chi connectivity index (χ4v) is 2.34. The molecule has 0 bridgehead atoms. The largest absolute Gasteiger partial charge is 0.416 e. The van der Waals surface area contributed by atoms with E-state index in [0.717, 1.165) is 18.2 Å². The van der Waals surface area contributed by atoms with Crippen molar-refractivity contribution >= 4 is 46.1 Å². The zero-order valence-corrected chi connectivity index (χ0v) is 14.4. The first-order valence-electron chi connectivity index (χ1n) is 7.00. The molecule has 2 N–H and O–H groups in total. The first kappa shape index (κ1) is 19.6. The number of amides is 1. The summed E-state index contributed by atoms with van der Waals surface area (Å²) in [5, 5.41) is 14.4. The highest BCUT2D eigenvalue weighted by Crippen LogP contribution is 2.30. The van der Waals surface area contributed by atoms with Crippen molar-refractivity contribution in [1.82, 2.24) is 4.98 Å². The maximum absolute atomic E-state index is 12.7. The third-order valence-electron chi connectivity index (χ3n) is 3.14. The lowest BCUT2D eigenvalue weighted by Crippen LogP contribution is -2.31. The van der Waals surface area contributed by atoms with E-state index >= 15 is 0 Å². The number of hydrogen-bond donors (Lipinski definition) is 2. The SMILES string of the molecule is N#CC(C(=O)Nc1cccc(C(F)(F)F)c1)C(=S)Nc1ccncc1Cl. The molecule has 0 aliphatic heterocycles. The van der Waals surface area contributed by atoms with E-state index in [2.05, 4.69) is 15.6 Å². The van der Waals surface area contributed by atoms with Gasteiger partial charge in [0, 0.05) is 18.1 Å². The van der Waals surface area contributed by atoms with Gasteiger partial charge in [0.25, 0.3) is 0 Å². The molecule has 0 fully saturated rings. The molecule has 0 saturated carbocycles. The Morgan fingerprint density at radius 2 is 2.04 bits per heavy atom. The number of benzene rings is 1. The van der Waals surface area contributed by atoms with Crippen LogP contribution in [0.5, 0.6) is 0 Å². The first-order valence-corrected chi connectivity index (χ1v) is 7.79. The normalized spacial score (nSPS) is 12.0. The van der Waals surface area contributed by atoms with Crippen molar-refractivity contribution in [2.24, 2.45) is 5.92 Å². The number of hydrogen-bond acceptors (Lipinski definition) is 4. The zero-order chi connectivity index (χ0) is 19.3. The van der Waals surface area contributed by atoms with Crippen LogP contribution in [0.25, 0.3) is 0 Å². The summed E-state index contributed by atoms with van der Waals surface area (Å²) in [5.41, 5.74) is -0.679. The minimum absolute atomic E-state index is 0.102. The summed E-state index contributed by atoms with van der Waals surface area (Å²) in [6.07, 6.45) is -1.78. The summed E-state index contributed by atoms with van der Waals surface area (Å²) in [6.45, 7) is 0. The van der Waals surface area contributed by atoms with Gasteiger partial charge in [0.15, 0.2) is 5.92 Å². The molecular weight excluding hydrogens is 389 g/mol. The van der Waals surface area contributed by atoms with Crippen LogP contribution in [0.1, 0.15) is 5.56 Å². The van der Waals surface area contributed by atoms with Crippen molar-refractivity contribution in [3.8, 4) is 6.07 Å². The molecule has 1 unspecified atom stereocenters. The minimum Gasteiger partial charge on any atom is -0.347 e. The number of carbonyl (C=O) groups is 1.